The Kier molecular flexibility index (Phi) is 5.32. The molecule has 2 fully saturated rings. The summed E-state index contributed by atoms with van der Waals surface area (Å²) in [5.74, 6) is 0.477. The summed E-state index contributed by atoms with van der Waals surface area (Å²) in [4.78, 5) is 25.9. The van der Waals surface area contributed by atoms with E-state index in [2.05, 4.69) is 5.32 Å². The van der Waals surface area contributed by atoms with Crippen molar-refractivity contribution in [2.75, 3.05) is 26.0 Å². The van der Waals surface area contributed by atoms with E-state index in [0.717, 1.165) is 6.54 Å². The van der Waals surface area contributed by atoms with Crippen LogP contribution in [0.15, 0.2) is 0 Å². The molecule has 0 radical (unpaired) electrons. The van der Waals surface area contributed by atoms with Gasteiger partial charge in [-0.15, -0.1) is 0 Å². The number of nitrogens with one attached hydrogen (secondary N) is 1. The number of aliphatic hydroxyl groups is 1. The summed E-state index contributed by atoms with van der Waals surface area (Å²) in [5, 5.41) is 12.2. The molecular weight excluding hydrogens is 276 g/mol. The Morgan fingerprint density at radius 3 is 2.80 bits per heavy atom. The van der Waals surface area contributed by atoms with Crippen molar-refractivity contribution in [3.05, 3.63) is 0 Å². The van der Waals surface area contributed by atoms with Crippen molar-refractivity contribution in [3.63, 3.8) is 0 Å². The molecule has 2 rings (SSSR count). The quantitative estimate of drug-likeness (QED) is 0.717. The smallest absolute Gasteiger partial charge is 0.225 e. The second-order valence-electron chi connectivity index (χ2n) is 5.90. The molecule has 5 nitrogen and oxygen atoms in total. The van der Waals surface area contributed by atoms with Crippen molar-refractivity contribution >= 4 is 23.6 Å². The van der Waals surface area contributed by atoms with Crippen molar-refractivity contribution in [3.8, 4) is 0 Å². The molecule has 1 aliphatic carbocycles. The molecule has 0 aromatic rings. The van der Waals surface area contributed by atoms with E-state index in [-0.39, 0.29) is 35.6 Å². The highest BCUT2D eigenvalue weighted by Gasteiger charge is 2.37. The summed E-state index contributed by atoms with van der Waals surface area (Å²) in [7, 11) is 0. The lowest BCUT2D eigenvalue weighted by molar-refractivity contribution is -0.129. The SMILES string of the molecule is CSC(CO)C(C)NC(=O)C1CC(=O)N(CC2CC2)C1. The summed E-state index contributed by atoms with van der Waals surface area (Å²) < 4.78 is 0. The van der Waals surface area contributed by atoms with E-state index in [1.165, 1.54) is 24.6 Å². The Hall–Kier alpha value is -0.750. The molecule has 0 spiro atoms. The third-order valence-electron chi connectivity index (χ3n) is 4.17. The summed E-state index contributed by atoms with van der Waals surface area (Å²) >= 11 is 1.54. The second kappa shape index (κ2) is 6.80. The molecular formula is C14H24N2O3S. The molecule has 2 aliphatic rings. The van der Waals surface area contributed by atoms with Gasteiger partial charge in [0.15, 0.2) is 0 Å². The topological polar surface area (TPSA) is 69.6 Å². The van der Waals surface area contributed by atoms with Crippen LogP contribution in [-0.4, -0.2) is 59.1 Å². The van der Waals surface area contributed by atoms with Gasteiger partial charge in [-0.1, -0.05) is 0 Å². The average molecular weight is 300 g/mol. The third kappa shape index (κ3) is 3.88. The Balaban J connectivity index is 1.82. The van der Waals surface area contributed by atoms with Crippen LogP contribution in [0.2, 0.25) is 0 Å². The number of likely N-dealkylation sites (tertiary alicyclic amines) is 1. The molecule has 0 bridgehead atoms. The first-order valence-electron chi connectivity index (χ1n) is 7.27. The molecule has 2 amide bonds. The van der Waals surface area contributed by atoms with E-state index in [9.17, 15) is 14.7 Å². The van der Waals surface area contributed by atoms with Crippen LogP contribution in [0.4, 0.5) is 0 Å². The fourth-order valence-electron chi connectivity index (χ4n) is 2.61. The van der Waals surface area contributed by atoms with Crippen molar-refractivity contribution in [2.24, 2.45) is 11.8 Å². The number of nitrogens with zero attached hydrogens (tertiary/aromatic N) is 1. The Bertz CT molecular complexity index is 369. The number of hydrogen-bond donors (Lipinski definition) is 2. The lowest BCUT2D eigenvalue weighted by Gasteiger charge is -2.23. The van der Waals surface area contributed by atoms with Gasteiger partial charge in [0.25, 0.3) is 0 Å². The number of carbonyl (C=O) groups is 2. The van der Waals surface area contributed by atoms with E-state index in [0.29, 0.717) is 18.9 Å². The first kappa shape index (κ1) is 15.6. The standard InChI is InChI=1S/C14H24N2O3S/c1-9(12(8-17)20-2)15-14(19)11-5-13(18)16(7-11)6-10-3-4-10/h9-12,17H,3-8H2,1-2H3,(H,15,19). The molecule has 3 unspecified atom stereocenters. The lowest BCUT2D eigenvalue weighted by Crippen LogP contribution is -2.44. The molecule has 20 heavy (non-hydrogen) atoms. The minimum Gasteiger partial charge on any atom is -0.395 e. The largest absolute Gasteiger partial charge is 0.395 e. The predicted molar refractivity (Wildman–Crippen MR) is 79.4 cm³/mol. The van der Waals surface area contributed by atoms with Crippen LogP contribution in [0.1, 0.15) is 26.2 Å². The van der Waals surface area contributed by atoms with Gasteiger partial charge in [-0.25, -0.2) is 0 Å². The van der Waals surface area contributed by atoms with Crippen LogP contribution in [0, 0.1) is 11.8 Å². The van der Waals surface area contributed by atoms with Gasteiger partial charge in [0.05, 0.1) is 12.5 Å². The van der Waals surface area contributed by atoms with Crippen LogP contribution >= 0.6 is 11.8 Å². The van der Waals surface area contributed by atoms with Crippen molar-refractivity contribution in [1.29, 1.82) is 0 Å². The second-order valence-corrected chi connectivity index (χ2v) is 6.97. The number of aliphatic hydroxyl groups excluding tert-OH is 1. The first-order chi connectivity index (χ1) is 9.55. The zero-order valence-electron chi connectivity index (χ0n) is 12.2. The normalized spacial score (nSPS) is 25.6. The summed E-state index contributed by atoms with van der Waals surface area (Å²) in [5.41, 5.74) is 0. The molecule has 0 aromatic heterocycles. The van der Waals surface area contributed by atoms with Gasteiger partial charge in [0, 0.05) is 30.8 Å². The average Bonchev–Trinajstić information content (AvgIpc) is 3.14. The van der Waals surface area contributed by atoms with E-state index >= 15 is 0 Å². The molecule has 1 saturated carbocycles. The van der Waals surface area contributed by atoms with Crippen LogP contribution < -0.4 is 5.32 Å². The summed E-state index contributed by atoms with van der Waals surface area (Å²) in [6, 6.07) is -0.0879. The number of rotatable bonds is 7. The first-order valence-corrected chi connectivity index (χ1v) is 8.55. The molecule has 1 aliphatic heterocycles. The van der Waals surface area contributed by atoms with E-state index in [1.54, 1.807) is 0 Å². The maximum Gasteiger partial charge on any atom is 0.225 e. The van der Waals surface area contributed by atoms with Crippen molar-refractivity contribution in [1.82, 2.24) is 10.2 Å². The van der Waals surface area contributed by atoms with Gasteiger partial charge in [-0.05, 0) is 31.9 Å². The number of thioether (sulfide) groups is 1. The predicted octanol–water partition coefficient (Wildman–Crippen LogP) is 0.473. The monoisotopic (exact) mass is 300 g/mol. The highest BCUT2D eigenvalue weighted by Crippen LogP contribution is 2.32. The highest BCUT2D eigenvalue weighted by atomic mass is 32.2. The lowest BCUT2D eigenvalue weighted by atomic mass is 10.1. The molecule has 2 N–H and O–H groups in total. The zero-order valence-corrected chi connectivity index (χ0v) is 13.0. The van der Waals surface area contributed by atoms with Crippen LogP contribution in [0.5, 0.6) is 0 Å². The minimum atomic E-state index is -0.232. The Morgan fingerprint density at radius 1 is 1.55 bits per heavy atom. The molecule has 3 atom stereocenters. The maximum absolute atomic E-state index is 12.2. The number of hydrogen-bond acceptors (Lipinski definition) is 4. The molecule has 6 heteroatoms. The number of amides is 2. The van der Waals surface area contributed by atoms with Gasteiger partial charge >= 0.3 is 0 Å². The zero-order chi connectivity index (χ0) is 14.7. The van der Waals surface area contributed by atoms with E-state index in [4.69, 9.17) is 0 Å². The highest BCUT2D eigenvalue weighted by molar-refractivity contribution is 7.99. The van der Waals surface area contributed by atoms with Gasteiger partial charge in [0.1, 0.15) is 0 Å². The van der Waals surface area contributed by atoms with Crippen LogP contribution in [-0.2, 0) is 9.59 Å². The van der Waals surface area contributed by atoms with Gasteiger partial charge < -0.3 is 15.3 Å². The fourth-order valence-corrected chi connectivity index (χ4v) is 3.23. The van der Waals surface area contributed by atoms with Crippen LogP contribution in [0.25, 0.3) is 0 Å². The van der Waals surface area contributed by atoms with Crippen molar-refractivity contribution < 1.29 is 14.7 Å². The maximum atomic E-state index is 12.2. The molecule has 1 heterocycles. The Morgan fingerprint density at radius 2 is 2.25 bits per heavy atom. The van der Waals surface area contributed by atoms with Crippen LogP contribution in [0.3, 0.4) is 0 Å². The van der Waals surface area contributed by atoms with Crippen molar-refractivity contribution in [2.45, 2.75) is 37.5 Å². The van der Waals surface area contributed by atoms with E-state index in [1.807, 2.05) is 18.1 Å². The fraction of sp³-hybridized carbons (Fsp3) is 0.857. The molecule has 114 valence electrons. The van der Waals surface area contributed by atoms with Gasteiger partial charge in [0.2, 0.25) is 11.8 Å². The Labute approximate surface area is 124 Å². The minimum absolute atomic E-state index is 0.00128. The van der Waals surface area contributed by atoms with Gasteiger partial charge in [-0.2, -0.15) is 11.8 Å². The molecule has 1 saturated heterocycles. The molecule has 0 aromatic carbocycles. The van der Waals surface area contributed by atoms with E-state index < -0.39 is 0 Å². The summed E-state index contributed by atoms with van der Waals surface area (Å²) in [6.07, 6.45) is 4.67. The van der Waals surface area contributed by atoms with Gasteiger partial charge in [-0.3, -0.25) is 9.59 Å². The number of carbonyl (C=O) groups excluding carboxylic acids is 2. The third-order valence-corrected chi connectivity index (χ3v) is 5.33. The summed E-state index contributed by atoms with van der Waals surface area (Å²) in [6.45, 7) is 3.31.